The first-order valence-electron chi connectivity index (χ1n) is 8.44. The molecule has 1 aromatic carbocycles. The first kappa shape index (κ1) is 22.1. The Hall–Kier alpha value is -2.24. The van der Waals surface area contributed by atoms with Crippen LogP contribution in [0.3, 0.4) is 0 Å². The van der Waals surface area contributed by atoms with Crippen molar-refractivity contribution in [3.8, 4) is 0 Å². The maximum atomic E-state index is 11.9. The lowest BCUT2D eigenvalue weighted by Crippen LogP contribution is -2.39. The van der Waals surface area contributed by atoms with E-state index in [0.29, 0.717) is 12.0 Å². The van der Waals surface area contributed by atoms with Crippen molar-refractivity contribution in [2.24, 2.45) is 0 Å². The van der Waals surface area contributed by atoms with Crippen molar-refractivity contribution in [2.45, 2.75) is 19.4 Å². The number of esters is 1. The highest BCUT2D eigenvalue weighted by atomic mass is 32.2. The van der Waals surface area contributed by atoms with Gasteiger partial charge in [-0.1, -0.05) is 29.8 Å². The number of aryl methyl sites for hydroxylation is 1. The van der Waals surface area contributed by atoms with Gasteiger partial charge in [0.15, 0.2) is 16.4 Å². The van der Waals surface area contributed by atoms with Crippen LogP contribution in [0.4, 0.5) is 0 Å². The van der Waals surface area contributed by atoms with E-state index in [4.69, 9.17) is 0 Å². The summed E-state index contributed by atoms with van der Waals surface area (Å²) >= 11 is 0. The predicted molar refractivity (Wildman–Crippen MR) is 103 cm³/mol. The largest absolute Gasteiger partial charge is 0.455 e. The molecule has 1 aliphatic rings. The highest BCUT2D eigenvalue weighted by Gasteiger charge is 2.29. The molecule has 0 bridgehead atoms. The molecule has 1 saturated heterocycles. The van der Waals surface area contributed by atoms with Gasteiger partial charge in [-0.15, -0.1) is 0 Å². The van der Waals surface area contributed by atoms with Gasteiger partial charge < -0.3 is 10.1 Å². The minimum atomic E-state index is -3.85. The third-order valence-electron chi connectivity index (χ3n) is 3.90. The van der Waals surface area contributed by atoms with Crippen LogP contribution in [-0.2, 0) is 34.2 Å². The minimum Gasteiger partial charge on any atom is -0.455 e. The number of benzene rings is 1. The summed E-state index contributed by atoms with van der Waals surface area (Å²) in [6.07, 6.45) is 1.70. The Morgan fingerprint density at radius 1 is 1.25 bits per heavy atom. The van der Waals surface area contributed by atoms with Gasteiger partial charge in [0.1, 0.15) is 6.54 Å². The lowest BCUT2D eigenvalue weighted by atomic mass is 10.2. The Bertz CT molecular complexity index is 952. The standard InChI is InChI=1S/C17H22N2O7S2/c1-13-2-4-14(5-3-13)6-9-28(24,25)18-10-17(21)26-11-16(20)19-15-7-8-27(22,23)12-15/h2-6,9,15,18H,7-8,10-12H2,1H3,(H,19,20)/b9-6+/t15-/m1/s1. The highest BCUT2D eigenvalue weighted by Crippen LogP contribution is 2.11. The number of rotatable bonds is 8. The van der Waals surface area contributed by atoms with Crippen LogP contribution in [0.15, 0.2) is 29.7 Å². The number of hydrogen-bond acceptors (Lipinski definition) is 7. The van der Waals surface area contributed by atoms with E-state index < -0.39 is 50.9 Å². The molecule has 0 spiro atoms. The summed E-state index contributed by atoms with van der Waals surface area (Å²) in [6, 6.07) is 6.68. The van der Waals surface area contributed by atoms with Crippen molar-refractivity contribution in [3.05, 3.63) is 40.8 Å². The van der Waals surface area contributed by atoms with Gasteiger partial charge in [-0.25, -0.2) is 21.6 Å². The Morgan fingerprint density at radius 2 is 1.93 bits per heavy atom. The van der Waals surface area contributed by atoms with Crippen LogP contribution in [0.5, 0.6) is 0 Å². The van der Waals surface area contributed by atoms with Crippen molar-refractivity contribution in [3.63, 3.8) is 0 Å². The van der Waals surface area contributed by atoms with Crippen molar-refractivity contribution in [1.82, 2.24) is 10.0 Å². The SMILES string of the molecule is Cc1ccc(/C=C/S(=O)(=O)NCC(=O)OCC(=O)N[C@@H]2CCS(=O)(=O)C2)cc1. The molecule has 1 amide bonds. The van der Waals surface area contributed by atoms with Crippen molar-refractivity contribution < 1.29 is 31.2 Å². The Kier molecular flexibility index (Phi) is 7.33. The summed E-state index contributed by atoms with van der Waals surface area (Å²) in [5, 5.41) is 3.39. The van der Waals surface area contributed by atoms with Gasteiger partial charge in [0.05, 0.1) is 11.5 Å². The molecule has 1 aliphatic heterocycles. The molecule has 0 aromatic heterocycles. The summed E-state index contributed by atoms with van der Waals surface area (Å²) in [4.78, 5) is 23.3. The predicted octanol–water partition coefficient (Wildman–Crippen LogP) is -0.268. The summed E-state index contributed by atoms with van der Waals surface area (Å²) in [7, 11) is -6.98. The average Bonchev–Trinajstić information content (AvgIpc) is 2.96. The van der Waals surface area contributed by atoms with Crippen LogP contribution >= 0.6 is 0 Å². The van der Waals surface area contributed by atoms with Crippen LogP contribution in [0, 0.1) is 6.92 Å². The van der Waals surface area contributed by atoms with Gasteiger partial charge in [-0.05, 0) is 25.0 Å². The number of carbonyl (C=O) groups is 2. The van der Waals surface area contributed by atoms with E-state index in [1.807, 2.05) is 23.8 Å². The third kappa shape index (κ3) is 7.79. The molecule has 0 saturated carbocycles. The quantitative estimate of drug-likeness (QED) is 0.542. The molecular formula is C17H22N2O7S2. The molecule has 2 rings (SSSR count). The summed E-state index contributed by atoms with van der Waals surface area (Å²) < 4.78 is 53.1. The molecule has 0 aliphatic carbocycles. The molecular weight excluding hydrogens is 408 g/mol. The second-order valence-electron chi connectivity index (χ2n) is 6.41. The molecule has 154 valence electrons. The second kappa shape index (κ2) is 9.30. The summed E-state index contributed by atoms with van der Waals surface area (Å²) in [5.74, 6) is -1.70. The number of sulfonamides is 1. The van der Waals surface area contributed by atoms with Crippen LogP contribution in [0.25, 0.3) is 6.08 Å². The fourth-order valence-corrected chi connectivity index (χ4v) is 4.85. The number of ether oxygens (including phenoxy) is 1. The molecule has 2 N–H and O–H groups in total. The number of carbonyl (C=O) groups excluding carboxylic acids is 2. The minimum absolute atomic E-state index is 0.00954. The van der Waals surface area contributed by atoms with Gasteiger partial charge in [0.25, 0.3) is 5.91 Å². The molecule has 28 heavy (non-hydrogen) atoms. The van der Waals surface area contributed by atoms with Gasteiger partial charge in [0.2, 0.25) is 10.0 Å². The Balaban J connectivity index is 1.72. The summed E-state index contributed by atoms with van der Waals surface area (Å²) in [6.45, 7) is 0.662. The van der Waals surface area contributed by atoms with Crippen LogP contribution in [0.2, 0.25) is 0 Å². The topological polar surface area (TPSA) is 136 Å². The molecule has 0 radical (unpaired) electrons. The molecule has 1 fully saturated rings. The highest BCUT2D eigenvalue weighted by molar-refractivity contribution is 7.92. The van der Waals surface area contributed by atoms with E-state index in [9.17, 15) is 26.4 Å². The third-order valence-corrected chi connectivity index (χ3v) is 6.71. The first-order valence-corrected chi connectivity index (χ1v) is 11.8. The zero-order valence-corrected chi connectivity index (χ0v) is 16.9. The summed E-state index contributed by atoms with van der Waals surface area (Å²) in [5.41, 5.74) is 1.73. The van der Waals surface area contributed by atoms with Gasteiger partial charge >= 0.3 is 5.97 Å². The Morgan fingerprint density at radius 3 is 2.54 bits per heavy atom. The van der Waals surface area contributed by atoms with Gasteiger partial charge in [0, 0.05) is 11.4 Å². The molecule has 1 heterocycles. The lowest BCUT2D eigenvalue weighted by Gasteiger charge is -2.11. The lowest BCUT2D eigenvalue weighted by molar-refractivity contribution is -0.147. The van der Waals surface area contributed by atoms with Gasteiger partial charge in [-0.2, -0.15) is 0 Å². The van der Waals surface area contributed by atoms with Crippen molar-refractivity contribution in [1.29, 1.82) is 0 Å². The first-order chi connectivity index (χ1) is 13.0. The smallest absolute Gasteiger partial charge is 0.321 e. The average molecular weight is 431 g/mol. The molecule has 1 aromatic rings. The normalized spacial score (nSPS) is 18.8. The zero-order chi connectivity index (χ0) is 20.8. The van der Waals surface area contributed by atoms with Crippen LogP contribution < -0.4 is 10.0 Å². The number of nitrogens with one attached hydrogen (secondary N) is 2. The fraction of sp³-hybridized carbons (Fsp3) is 0.412. The van der Waals surface area contributed by atoms with E-state index in [2.05, 4.69) is 10.1 Å². The van der Waals surface area contributed by atoms with E-state index in [0.717, 1.165) is 11.0 Å². The fourth-order valence-electron chi connectivity index (χ4n) is 2.43. The maximum absolute atomic E-state index is 11.9. The maximum Gasteiger partial charge on any atom is 0.321 e. The second-order valence-corrected chi connectivity index (χ2v) is 10.3. The molecule has 9 nitrogen and oxygen atoms in total. The van der Waals surface area contributed by atoms with Crippen LogP contribution in [-0.4, -0.2) is 59.4 Å². The van der Waals surface area contributed by atoms with E-state index >= 15 is 0 Å². The number of hydrogen-bond donors (Lipinski definition) is 2. The zero-order valence-electron chi connectivity index (χ0n) is 15.3. The monoisotopic (exact) mass is 430 g/mol. The van der Waals surface area contributed by atoms with Crippen molar-refractivity contribution in [2.75, 3.05) is 24.7 Å². The van der Waals surface area contributed by atoms with E-state index in [1.54, 1.807) is 12.1 Å². The van der Waals surface area contributed by atoms with Gasteiger partial charge in [-0.3, -0.25) is 9.59 Å². The molecule has 11 heteroatoms. The van der Waals surface area contributed by atoms with Crippen LogP contribution in [0.1, 0.15) is 17.5 Å². The van der Waals surface area contributed by atoms with E-state index in [-0.39, 0.29) is 11.5 Å². The number of sulfone groups is 1. The van der Waals surface area contributed by atoms with Crippen molar-refractivity contribution >= 4 is 37.8 Å². The molecule has 1 atom stereocenters. The number of amides is 1. The van der Waals surface area contributed by atoms with E-state index in [1.165, 1.54) is 6.08 Å². The molecule has 0 unspecified atom stereocenters. The Labute approximate surface area is 164 Å².